The maximum atomic E-state index is 11.6. The summed E-state index contributed by atoms with van der Waals surface area (Å²) in [5, 5.41) is 2.56. The van der Waals surface area contributed by atoms with Gasteiger partial charge in [-0.05, 0) is 19.1 Å². The molecule has 0 spiro atoms. The molecule has 0 bridgehead atoms. The van der Waals surface area contributed by atoms with Gasteiger partial charge in [0.25, 0.3) is 5.91 Å². The largest absolute Gasteiger partial charge is 0.483 e. The lowest BCUT2D eigenvalue weighted by Crippen LogP contribution is -2.31. The summed E-state index contributed by atoms with van der Waals surface area (Å²) in [7, 11) is 0. The van der Waals surface area contributed by atoms with Crippen molar-refractivity contribution in [3.8, 4) is 5.75 Å². The number of ether oxygens (including phenoxy) is 2. The molecule has 0 atom stereocenters. The van der Waals surface area contributed by atoms with Crippen molar-refractivity contribution in [2.24, 2.45) is 5.73 Å². The van der Waals surface area contributed by atoms with Gasteiger partial charge in [-0.2, -0.15) is 0 Å². The molecule has 1 aromatic carbocycles. The van der Waals surface area contributed by atoms with Crippen LogP contribution in [-0.4, -0.2) is 36.6 Å². The van der Waals surface area contributed by atoms with Crippen molar-refractivity contribution in [1.29, 1.82) is 0 Å². The number of rotatable bonds is 8. The monoisotopic (exact) mass is 310 g/mol. The number of carbonyl (C=O) groups excluding carboxylic acids is 2. The Kier molecular flexibility index (Phi) is 7.17. The van der Waals surface area contributed by atoms with Crippen LogP contribution in [0.1, 0.15) is 18.9 Å². The Labute approximate surface area is 128 Å². The van der Waals surface area contributed by atoms with Crippen LogP contribution in [0.15, 0.2) is 24.3 Å². The number of esters is 1. The van der Waals surface area contributed by atoms with Crippen molar-refractivity contribution in [3.05, 3.63) is 29.8 Å². The van der Waals surface area contributed by atoms with Crippen molar-refractivity contribution in [1.82, 2.24) is 5.32 Å². The Balaban J connectivity index is 2.37. The number of hydrogen-bond acceptors (Lipinski definition) is 5. The maximum absolute atomic E-state index is 11.6. The summed E-state index contributed by atoms with van der Waals surface area (Å²) >= 11 is 4.90. The van der Waals surface area contributed by atoms with E-state index in [9.17, 15) is 9.59 Å². The van der Waals surface area contributed by atoms with E-state index in [2.05, 4.69) is 5.32 Å². The fourth-order valence-corrected chi connectivity index (χ4v) is 1.70. The third kappa shape index (κ3) is 6.22. The van der Waals surface area contributed by atoms with Gasteiger partial charge in [0.1, 0.15) is 10.7 Å². The molecule has 0 radical (unpaired) electrons. The van der Waals surface area contributed by atoms with Gasteiger partial charge in [-0.15, -0.1) is 0 Å². The van der Waals surface area contributed by atoms with Gasteiger partial charge >= 0.3 is 5.97 Å². The molecular formula is C14H18N2O4S. The van der Waals surface area contributed by atoms with Crippen LogP contribution >= 0.6 is 12.2 Å². The molecule has 0 unspecified atom stereocenters. The number of nitrogens with one attached hydrogen (secondary N) is 1. The summed E-state index contributed by atoms with van der Waals surface area (Å²) in [5.74, 6) is -0.236. The highest BCUT2D eigenvalue weighted by Gasteiger charge is 2.09. The molecule has 1 aromatic rings. The minimum atomic E-state index is -0.349. The van der Waals surface area contributed by atoms with Gasteiger partial charge in [-0.1, -0.05) is 24.4 Å². The molecule has 114 valence electrons. The second-order valence-corrected chi connectivity index (χ2v) is 4.49. The summed E-state index contributed by atoms with van der Waals surface area (Å²) < 4.78 is 10.1. The minimum absolute atomic E-state index is 0.128. The summed E-state index contributed by atoms with van der Waals surface area (Å²) in [6.07, 6.45) is 0.128. The zero-order valence-electron chi connectivity index (χ0n) is 11.8. The van der Waals surface area contributed by atoms with Crippen LogP contribution in [0.4, 0.5) is 0 Å². The topological polar surface area (TPSA) is 90.6 Å². The van der Waals surface area contributed by atoms with Crippen LogP contribution < -0.4 is 15.8 Å². The number of amides is 1. The van der Waals surface area contributed by atoms with Gasteiger partial charge in [0.2, 0.25) is 0 Å². The number of thiocarbonyl (C=S) groups is 1. The lowest BCUT2D eigenvalue weighted by Gasteiger charge is -2.10. The average molecular weight is 310 g/mol. The smallest absolute Gasteiger partial charge is 0.307 e. The maximum Gasteiger partial charge on any atom is 0.307 e. The third-order valence-corrected chi connectivity index (χ3v) is 2.69. The van der Waals surface area contributed by atoms with E-state index in [1.807, 2.05) is 0 Å². The van der Waals surface area contributed by atoms with Crippen LogP contribution in [0.25, 0.3) is 0 Å². The Morgan fingerprint density at radius 3 is 2.71 bits per heavy atom. The predicted molar refractivity (Wildman–Crippen MR) is 82.1 cm³/mol. The van der Waals surface area contributed by atoms with Crippen LogP contribution in [0.3, 0.4) is 0 Å². The normalized spacial score (nSPS) is 9.76. The molecule has 0 saturated heterocycles. The first kappa shape index (κ1) is 16.9. The van der Waals surface area contributed by atoms with Crippen LogP contribution in [0.2, 0.25) is 0 Å². The van der Waals surface area contributed by atoms with Gasteiger partial charge in [0, 0.05) is 6.54 Å². The van der Waals surface area contributed by atoms with E-state index in [1.54, 1.807) is 31.2 Å². The fraction of sp³-hybridized carbons (Fsp3) is 0.357. The van der Waals surface area contributed by atoms with Crippen molar-refractivity contribution in [3.63, 3.8) is 0 Å². The highest BCUT2D eigenvalue weighted by Crippen LogP contribution is 2.17. The first-order valence-electron chi connectivity index (χ1n) is 6.48. The second kappa shape index (κ2) is 8.91. The summed E-state index contributed by atoms with van der Waals surface area (Å²) in [6.45, 7) is 2.08. The molecule has 7 heteroatoms. The second-order valence-electron chi connectivity index (χ2n) is 4.05. The average Bonchev–Trinajstić information content (AvgIpc) is 2.45. The molecule has 0 aliphatic rings. The molecule has 0 aromatic heterocycles. The van der Waals surface area contributed by atoms with E-state index in [1.165, 1.54) is 0 Å². The molecule has 0 heterocycles. The Bertz CT molecular complexity index is 519. The molecule has 0 aliphatic heterocycles. The molecule has 0 saturated carbocycles. The SMILES string of the molecule is CCOC(=O)CCNC(=O)COc1ccccc1C(N)=S. The van der Waals surface area contributed by atoms with E-state index in [0.717, 1.165) is 0 Å². The first-order valence-corrected chi connectivity index (χ1v) is 6.89. The van der Waals surface area contributed by atoms with Crippen LogP contribution in [-0.2, 0) is 14.3 Å². The van der Waals surface area contributed by atoms with Gasteiger partial charge in [0.15, 0.2) is 6.61 Å². The molecule has 0 aliphatic carbocycles. The third-order valence-electron chi connectivity index (χ3n) is 2.47. The molecular weight excluding hydrogens is 292 g/mol. The van der Waals surface area contributed by atoms with Crippen molar-refractivity contribution in [2.75, 3.05) is 19.8 Å². The van der Waals surface area contributed by atoms with Crippen LogP contribution in [0, 0.1) is 0 Å². The molecule has 3 N–H and O–H groups in total. The van der Waals surface area contributed by atoms with E-state index in [0.29, 0.717) is 17.9 Å². The highest BCUT2D eigenvalue weighted by atomic mass is 32.1. The minimum Gasteiger partial charge on any atom is -0.483 e. The Morgan fingerprint density at radius 2 is 2.05 bits per heavy atom. The predicted octanol–water partition coefficient (Wildman–Crippen LogP) is 0.769. The van der Waals surface area contributed by atoms with E-state index < -0.39 is 0 Å². The number of hydrogen-bond donors (Lipinski definition) is 2. The van der Waals surface area contributed by atoms with Crippen LogP contribution in [0.5, 0.6) is 5.75 Å². The number of benzene rings is 1. The van der Waals surface area contributed by atoms with Gasteiger partial charge in [0.05, 0.1) is 18.6 Å². The van der Waals surface area contributed by atoms with Crippen molar-refractivity contribution < 1.29 is 19.1 Å². The summed E-state index contributed by atoms with van der Waals surface area (Å²) in [4.78, 5) is 22.9. The molecule has 0 fully saturated rings. The standard InChI is InChI=1S/C14H18N2O4S/c1-2-19-13(18)7-8-16-12(17)9-20-11-6-4-3-5-10(11)14(15)21/h3-6H,2,7-9H2,1H3,(H2,15,21)(H,16,17). The van der Waals surface area contributed by atoms with Crippen molar-refractivity contribution >= 4 is 29.1 Å². The Morgan fingerprint density at radius 1 is 1.33 bits per heavy atom. The number of carbonyl (C=O) groups is 2. The zero-order chi connectivity index (χ0) is 15.7. The molecule has 1 amide bonds. The van der Waals surface area contributed by atoms with E-state index >= 15 is 0 Å². The van der Waals surface area contributed by atoms with E-state index in [4.69, 9.17) is 27.4 Å². The molecule has 6 nitrogen and oxygen atoms in total. The number of nitrogens with two attached hydrogens (primary N) is 1. The summed E-state index contributed by atoms with van der Waals surface area (Å²) in [5.41, 5.74) is 6.14. The quantitative estimate of drug-likeness (QED) is 0.544. The van der Waals surface area contributed by atoms with Crippen molar-refractivity contribution in [2.45, 2.75) is 13.3 Å². The fourth-order valence-electron chi connectivity index (χ4n) is 1.53. The molecule has 1 rings (SSSR count). The van der Waals surface area contributed by atoms with Gasteiger partial charge < -0.3 is 20.5 Å². The Hall–Kier alpha value is -2.15. The van der Waals surface area contributed by atoms with Gasteiger partial charge in [-0.3, -0.25) is 9.59 Å². The zero-order valence-corrected chi connectivity index (χ0v) is 12.6. The lowest BCUT2D eigenvalue weighted by molar-refractivity contribution is -0.143. The van der Waals surface area contributed by atoms with Gasteiger partial charge in [-0.25, -0.2) is 0 Å². The highest BCUT2D eigenvalue weighted by molar-refractivity contribution is 7.80. The lowest BCUT2D eigenvalue weighted by atomic mass is 10.2. The van der Waals surface area contributed by atoms with E-state index in [-0.39, 0.29) is 36.4 Å². The number of para-hydroxylation sites is 1. The molecule has 21 heavy (non-hydrogen) atoms. The first-order chi connectivity index (χ1) is 10.0. The summed E-state index contributed by atoms with van der Waals surface area (Å²) in [6, 6.07) is 6.94.